The second-order valence-electron chi connectivity index (χ2n) is 8.87. The molecule has 1 atom stereocenters. The van der Waals surface area contributed by atoms with Crippen molar-refractivity contribution in [3.05, 3.63) is 125 Å². The number of aromatic carboxylic acids is 1. The monoisotopic (exact) mass is 494 g/mol. The highest BCUT2D eigenvalue weighted by Crippen LogP contribution is 2.32. The first-order chi connectivity index (χ1) is 18.0. The van der Waals surface area contributed by atoms with Crippen LogP contribution in [0.5, 0.6) is 0 Å². The molecule has 2 N–H and O–H groups in total. The lowest BCUT2D eigenvalue weighted by Gasteiger charge is -2.36. The van der Waals surface area contributed by atoms with Gasteiger partial charge in [-0.25, -0.2) is 9.78 Å². The summed E-state index contributed by atoms with van der Waals surface area (Å²) in [7, 11) is 0. The number of hydrogen-bond donors (Lipinski definition) is 2. The number of carboxylic acid groups (broad SMARTS) is 1. The summed E-state index contributed by atoms with van der Waals surface area (Å²) in [5.41, 5.74) is 2.84. The van der Waals surface area contributed by atoms with E-state index < -0.39 is 12.0 Å². The van der Waals surface area contributed by atoms with Gasteiger partial charge in [-0.1, -0.05) is 60.7 Å². The number of imidazole rings is 1. The van der Waals surface area contributed by atoms with E-state index in [1.165, 1.54) is 6.07 Å². The summed E-state index contributed by atoms with van der Waals surface area (Å²) in [6, 6.07) is 25.1. The topological polar surface area (TPSA) is 105 Å². The Morgan fingerprint density at radius 1 is 0.892 bits per heavy atom. The van der Waals surface area contributed by atoms with Gasteiger partial charge in [0.2, 0.25) is 0 Å². The molecular weight excluding hydrogens is 468 g/mol. The molecular formula is C29H26N4O4. The first kappa shape index (κ1) is 24.0. The number of fused-ring (bicyclic) bond motifs is 1. The van der Waals surface area contributed by atoms with Crippen molar-refractivity contribution in [2.24, 2.45) is 0 Å². The quantitative estimate of drug-likeness (QED) is 0.407. The van der Waals surface area contributed by atoms with E-state index in [1.807, 2.05) is 64.1 Å². The van der Waals surface area contributed by atoms with E-state index in [2.05, 4.69) is 10.3 Å². The Morgan fingerprint density at radius 3 is 2.32 bits per heavy atom. The molecule has 37 heavy (non-hydrogen) atoms. The van der Waals surface area contributed by atoms with E-state index in [9.17, 15) is 14.4 Å². The first-order valence-corrected chi connectivity index (χ1v) is 12.1. The predicted octanol–water partition coefficient (Wildman–Crippen LogP) is 3.80. The zero-order valence-corrected chi connectivity index (χ0v) is 20.1. The Kier molecular flexibility index (Phi) is 6.81. The van der Waals surface area contributed by atoms with Gasteiger partial charge in [0.05, 0.1) is 5.56 Å². The lowest BCUT2D eigenvalue weighted by atomic mass is 10.0. The van der Waals surface area contributed by atoms with Gasteiger partial charge in [-0.2, -0.15) is 0 Å². The molecule has 8 nitrogen and oxygen atoms in total. The largest absolute Gasteiger partial charge is 0.478 e. The molecule has 0 spiro atoms. The van der Waals surface area contributed by atoms with E-state index in [-0.39, 0.29) is 23.1 Å². The number of nitrogens with zero attached hydrogens (tertiary/aromatic N) is 3. The van der Waals surface area contributed by atoms with Gasteiger partial charge in [-0.05, 0) is 41.8 Å². The maximum Gasteiger partial charge on any atom is 0.335 e. The average Bonchev–Trinajstić information content (AvgIpc) is 3.38. The molecule has 2 amide bonds. The van der Waals surface area contributed by atoms with Crippen LogP contribution in [-0.2, 0) is 13.0 Å². The highest BCUT2D eigenvalue weighted by molar-refractivity contribution is 5.95. The minimum Gasteiger partial charge on any atom is -0.478 e. The number of amides is 2. The molecule has 1 unspecified atom stereocenters. The molecule has 3 aromatic carbocycles. The third-order valence-electron chi connectivity index (χ3n) is 6.45. The van der Waals surface area contributed by atoms with E-state index in [4.69, 9.17) is 5.11 Å². The molecule has 0 radical (unpaired) electrons. The van der Waals surface area contributed by atoms with Crippen molar-refractivity contribution in [1.82, 2.24) is 19.8 Å². The van der Waals surface area contributed by atoms with Crippen LogP contribution < -0.4 is 5.32 Å². The van der Waals surface area contributed by atoms with E-state index >= 15 is 0 Å². The Hall–Kier alpha value is -4.72. The van der Waals surface area contributed by atoms with E-state index in [1.54, 1.807) is 30.5 Å². The normalized spacial score (nSPS) is 14.6. The van der Waals surface area contributed by atoms with Gasteiger partial charge in [0.25, 0.3) is 11.8 Å². The van der Waals surface area contributed by atoms with Crippen molar-refractivity contribution in [3.63, 3.8) is 0 Å². The van der Waals surface area contributed by atoms with E-state index in [0.29, 0.717) is 37.4 Å². The Morgan fingerprint density at radius 2 is 1.59 bits per heavy atom. The molecule has 0 aliphatic carbocycles. The van der Waals surface area contributed by atoms with Crippen LogP contribution in [0.1, 0.15) is 54.2 Å². The van der Waals surface area contributed by atoms with Crippen molar-refractivity contribution >= 4 is 17.8 Å². The maximum absolute atomic E-state index is 13.4. The number of carbonyl (C=O) groups is 3. The summed E-state index contributed by atoms with van der Waals surface area (Å²) in [5, 5.41) is 12.0. The van der Waals surface area contributed by atoms with Gasteiger partial charge in [0.1, 0.15) is 17.6 Å². The minimum atomic E-state index is -0.984. The lowest BCUT2D eigenvalue weighted by molar-refractivity contribution is 0.0657. The fourth-order valence-corrected chi connectivity index (χ4v) is 4.62. The second kappa shape index (κ2) is 10.5. The number of benzene rings is 3. The third-order valence-corrected chi connectivity index (χ3v) is 6.45. The highest BCUT2D eigenvalue weighted by atomic mass is 16.4. The van der Waals surface area contributed by atoms with Crippen molar-refractivity contribution in [2.45, 2.75) is 19.0 Å². The van der Waals surface area contributed by atoms with Crippen molar-refractivity contribution in [1.29, 1.82) is 0 Å². The van der Waals surface area contributed by atoms with Crippen LogP contribution in [-0.4, -0.2) is 50.4 Å². The third kappa shape index (κ3) is 5.13. The summed E-state index contributed by atoms with van der Waals surface area (Å²) in [5.74, 6) is -0.745. The van der Waals surface area contributed by atoms with E-state index in [0.717, 1.165) is 11.1 Å². The number of hydrogen-bond acceptors (Lipinski definition) is 4. The number of nitrogens with one attached hydrogen (secondary N) is 1. The molecule has 0 saturated carbocycles. The molecule has 8 heteroatoms. The minimum absolute atomic E-state index is 0.0849. The van der Waals surface area contributed by atoms with Crippen LogP contribution in [0.25, 0.3) is 0 Å². The van der Waals surface area contributed by atoms with Crippen LogP contribution in [0, 0.1) is 0 Å². The first-order valence-electron chi connectivity index (χ1n) is 12.1. The van der Waals surface area contributed by atoms with Gasteiger partial charge in [0, 0.05) is 31.4 Å². The smallest absolute Gasteiger partial charge is 0.335 e. The Labute approximate surface area is 214 Å². The second-order valence-corrected chi connectivity index (χ2v) is 8.87. The van der Waals surface area contributed by atoms with Gasteiger partial charge in [-0.3, -0.25) is 9.59 Å². The van der Waals surface area contributed by atoms with Crippen LogP contribution >= 0.6 is 0 Å². The number of aromatic nitrogens is 2. The van der Waals surface area contributed by atoms with Gasteiger partial charge < -0.3 is 19.9 Å². The molecule has 5 rings (SSSR count). The molecule has 0 bridgehead atoms. The lowest BCUT2D eigenvalue weighted by Crippen LogP contribution is -2.42. The SMILES string of the molecule is O=C(O)c1cccc(CCNC(=O)c2cn3c(n2)C(c2ccccc2)N(C(=O)c2ccccc2)CC3)c1. The number of carboxylic acids is 1. The predicted molar refractivity (Wildman–Crippen MR) is 137 cm³/mol. The maximum atomic E-state index is 13.4. The molecule has 1 aliphatic rings. The summed E-state index contributed by atoms with van der Waals surface area (Å²) in [4.78, 5) is 44.1. The van der Waals surface area contributed by atoms with Crippen LogP contribution in [0.4, 0.5) is 0 Å². The number of carbonyl (C=O) groups excluding carboxylic acids is 2. The molecule has 4 aromatic rings. The van der Waals surface area contributed by atoms with Crippen molar-refractivity contribution < 1.29 is 19.5 Å². The summed E-state index contributed by atoms with van der Waals surface area (Å²) < 4.78 is 1.94. The van der Waals surface area contributed by atoms with Crippen LogP contribution in [0.3, 0.4) is 0 Å². The zero-order valence-electron chi connectivity index (χ0n) is 20.1. The van der Waals surface area contributed by atoms with Gasteiger partial charge >= 0.3 is 5.97 Å². The molecule has 186 valence electrons. The van der Waals surface area contributed by atoms with Crippen LogP contribution in [0.15, 0.2) is 91.1 Å². The van der Waals surface area contributed by atoms with Gasteiger partial charge in [-0.15, -0.1) is 0 Å². The summed E-state index contributed by atoms with van der Waals surface area (Å²) in [6.07, 6.45) is 2.22. The summed E-state index contributed by atoms with van der Waals surface area (Å²) in [6.45, 7) is 1.35. The summed E-state index contributed by atoms with van der Waals surface area (Å²) >= 11 is 0. The average molecular weight is 495 g/mol. The molecule has 0 fully saturated rings. The Bertz CT molecular complexity index is 1430. The Balaban J connectivity index is 1.36. The van der Waals surface area contributed by atoms with Crippen molar-refractivity contribution in [2.75, 3.05) is 13.1 Å². The molecule has 0 saturated heterocycles. The molecule has 2 heterocycles. The molecule has 1 aromatic heterocycles. The fourth-order valence-electron chi connectivity index (χ4n) is 4.62. The zero-order chi connectivity index (χ0) is 25.8. The highest BCUT2D eigenvalue weighted by Gasteiger charge is 2.35. The fraction of sp³-hybridized carbons (Fsp3) is 0.172. The standard InChI is InChI=1S/C29H26N4O4/c34-27(30-15-14-20-8-7-13-23(18-20)29(36)37)24-19-32-16-17-33(28(35)22-11-5-2-6-12-22)25(26(32)31-24)21-9-3-1-4-10-21/h1-13,18-19,25H,14-17H2,(H,30,34)(H,36,37). The molecule has 1 aliphatic heterocycles. The number of rotatable bonds is 7. The van der Waals surface area contributed by atoms with Crippen molar-refractivity contribution in [3.8, 4) is 0 Å². The van der Waals surface area contributed by atoms with Gasteiger partial charge in [0.15, 0.2) is 0 Å². The van der Waals surface area contributed by atoms with Crippen LogP contribution in [0.2, 0.25) is 0 Å².